The molecule has 1 aliphatic heterocycles. The number of rotatable bonds is 3. The van der Waals surface area contributed by atoms with Crippen molar-refractivity contribution in [2.75, 3.05) is 18.9 Å². The van der Waals surface area contributed by atoms with E-state index in [-0.39, 0.29) is 11.9 Å². The molecule has 1 N–H and O–H groups in total. The Morgan fingerprint density at radius 1 is 1.36 bits per heavy atom. The topological polar surface area (TPSA) is 83.9 Å². The van der Waals surface area contributed by atoms with Crippen LogP contribution in [0.2, 0.25) is 0 Å². The summed E-state index contributed by atoms with van der Waals surface area (Å²) in [5.74, 6) is 1.36. The van der Waals surface area contributed by atoms with E-state index in [0.717, 1.165) is 24.4 Å². The summed E-state index contributed by atoms with van der Waals surface area (Å²) in [4.78, 5) is 31.3. The van der Waals surface area contributed by atoms with E-state index in [9.17, 15) is 4.79 Å². The summed E-state index contributed by atoms with van der Waals surface area (Å²) < 4.78 is 0. The van der Waals surface area contributed by atoms with Crippen molar-refractivity contribution in [2.45, 2.75) is 25.8 Å². The predicted octanol–water partition coefficient (Wildman–Crippen LogP) is 1.59. The number of hydrogen-bond acceptors (Lipinski definition) is 6. The van der Waals surface area contributed by atoms with Gasteiger partial charge in [0.1, 0.15) is 17.3 Å². The van der Waals surface area contributed by atoms with Gasteiger partial charge in [-0.1, -0.05) is 0 Å². The van der Waals surface area contributed by atoms with E-state index in [1.54, 1.807) is 6.20 Å². The maximum Gasteiger partial charge on any atom is 0.274 e. The molecule has 0 saturated carbocycles. The fourth-order valence-electron chi connectivity index (χ4n) is 2.76. The lowest BCUT2D eigenvalue weighted by Gasteiger charge is -2.24. The molecule has 1 fully saturated rings. The van der Waals surface area contributed by atoms with Crippen molar-refractivity contribution < 1.29 is 4.79 Å². The molecule has 0 unspecified atom stereocenters. The minimum atomic E-state index is -0.0992. The average Bonchev–Trinajstić information content (AvgIpc) is 3.04. The van der Waals surface area contributed by atoms with Crippen molar-refractivity contribution in [3.8, 4) is 0 Å². The molecule has 1 aliphatic rings. The zero-order valence-corrected chi connectivity index (χ0v) is 12.7. The lowest BCUT2D eigenvalue weighted by atomic mass is 10.1. The first kappa shape index (κ1) is 14.4. The van der Waals surface area contributed by atoms with Crippen LogP contribution in [0.5, 0.6) is 0 Å². The van der Waals surface area contributed by atoms with Gasteiger partial charge in [-0.05, 0) is 19.8 Å². The van der Waals surface area contributed by atoms with Crippen LogP contribution in [-0.4, -0.2) is 44.3 Å². The first-order valence-corrected chi connectivity index (χ1v) is 7.29. The minimum Gasteiger partial charge on any atom is -0.373 e. The third-order valence-electron chi connectivity index (χ3n) is 3.75. The van der Waals surface area contributed by atoms with Crippen molar-refractivity contribution in [3.63, 3.8) is 0 Å². The summed E-state index contributed by atoms with van der Waals surface area (Å²) in [7, 11) is 1.82. The largest absolute Gasteiger partial charge is 0.373 e. The molecule has 1 atom stereocenters. The molecule has 1 amide bonds. The summed E-state index contributed by atoms with van der Waals surface area (Å²) in [5, 5.41) is 3.03. The number of nitrogens with zero attached hydrogens (tertiary/aromatic N) is 5. The third kappa shape index (κ3) is 2.74. The normalized spacial score (nSPS) is 17.5. The van der Waals surface area contributed by atoms with Gasteiger partial charge in [-0.25, -0.2) is 15.0 Å². The Morgan fingerprint density at radius 2 is 2.23 bits per heavy atom. The first-order chi connectivity index (χ1) is 10.7. The van der Waals surface area contributed by atoms with E-state index in [1.165, 1.54) is 12.4 Å². The van der Waals surface area contributed by atoms with Crippen LogP contribution in [0.25, 0.3) is 0 Å². The maximum absolute atomic E-state index is 12.6. The lowest BCUT2D eigenvalue weighted by Crippen LogP contribution is -2.31. The fourth-order valence-corrected chi connectivity index (χ4v) is 2.76. The van der Waals surface area contributed by atoms with Gasteiger partial charge in [-0.15, -0.1) is 0 Å². The quantitative estimate of drug-likeness (QED) is 0.926. The highest BCUT2D eigenvalue weighted by Gasteiger charge is 2.32. The van der Waals surface area contributed by atoms with Crippen molar-refractivity contribution >= 4 is 11.7 Å². The van der Waals surface area contributed by atoms with Gasteiger partial charge in [0.25, 0.3) is 5.91 Å². The van der Waals surface area contributed by atoms with Gasteiger partial charge in [0.2, 0.25) is 0 Å². The minimum absolute atomic E-state index is 0.0386. The third-order valence-corrected chi connectivity index (χ3v) is 3.75. The summed E-state index contributed by atoms with van der Waals surface area (Å²) in [5.41, 5.74) is 1.24. The van der Waals surface area contributed by atoms with Gasteiger partial charge in [0, 0.05) is 32.1 Å². The highest BCUT2D eigenvalue weighted by Crippen LogP contribution is 2.32. The second-order valence-corrected chi connectivity index (χ2v) is 5.22. The summed E-state index contributed by atoms with van der Waals surface area (Å²) in [6, 6.07) is 1.86. The SMILES string of the molecule is CNc1cc([C@H]2CCCN2C(=O)c2cnccn2)nc(C)n1. The van der Waals surface area contributed by atoms with Crippen LogP contribution in [0.4, 0.5) is 5.82 Å². The van der Waals surface area contributed by atoms with E-state index in [2.05, 4.69) is 25.3 Å². The predicted molar refractivity (Wildman–Crippen MR) is 81.4 cm³/mol. The zero-order valence-electron chi connectivity index (χ0n) is 12.7. The Labute approximate surface area is 128 Å². The van der Waals surface area contributed by atoms with Crippen LogP contribution in [0.3, 0.4) is 0 Å². The molecule has 7 heteroatoms. The Kier molecular flexibility index (Phi) is 3.95. The fraction of sp³-hybridized carbons (Fsp3) is 0.400. The number of amides is 1. The number of carbonyl (C=O) groups is 1. The van der Waals surface area contributed by atoms with E-state index < -0.39 is 0 Å². The smallest absolute Gasteiger partial charge is 0.274 e. The van der Waals surface area contributed by atoms with Gasteiger partial charge >= 0.3 is 0 Å². The number of likely N-dealkylation sites (tertiary alicyclic amines) is 1. The number of anilines is 1. The molecule has 0 aromatic carbocycles. The number of nitrogens with one attached hydrogen (secondary N) is 1. The Hall–Kier alpha value is -2.57. The number of aryl methyl sites for hydroxylation is 1. The molecule has 22 heavy (non-hydrogen) atoms. The average molecular weight is 298 g/mol. The molecular formula is C15H18N6O. The van der Waals surface area contributed by atoms with Crippen LogP contribution in [0, 0.1) is 6.92 Å². The van der Waals surface area contributed by atoms with Crippen molar-refractivity contribution in [3.05, 3.63) is 41.9 Å². The molecule has 0 radical (unpaired) electrons. The first-order valence-electron chi connectivity index (χ1n) is 7.29. The number of aromatic nitrogens is 4. The Morgan fingerprint density at radius 3 is 2.95 bits per heavy atom. The number of carbonyl (C=O) groups excluding carboxylic acids is 1. The molecule has 0 bridgehead atoms. The Bertz CT molecular complexity index is 675. The molecule has 0 spiro atoms. The van der Waals surface area contributed by atoms with Crippen LogP contribution < -0.4 is 5.32 Å². The second-order valence-electron chi connectivity index (χ2n) is 5.22. The van der Waals surface area contributed by atoms with Gasteiger partial charge < -0.3 is 10.2 Å². The molecule has 114 valence electrons. The van der Waals surface area contributed by atoms with E-state index in [0.29, 0.717) is 18.1 Å². The van der Waals surface area contributed by atoms with Crippen LogP contribution in [0.1, 0.15) is 40.9 Å². The Balaban J connectivity index is 1.90. The summed E-state index contributed by atoms with van der Waals surface area (Å²) in [6.45, 7) is 2.56. The van der Waals surface area contributed by atoms with E-state index in [4.69, 9.17) is 0 Å². The molecule has 7 nitrogen and oxygen atoms in total. The highest BCUT2D eigenvalue weighted by molar-refractivity contribution is 5.92. The summed E-state index contributed by atoms with van der Waals surface area (Å²) in [6.07, 6.45) is 6.44. The molecular weight excluding hydrogens is 280 g/mol. The highest BCUT2D eigenvalue weighted by atomic mass is 16.2. The monoisotopic (exact) mass is 298 g/mol. The van der Waals surface area contributed by atoms with Gasteiger partial charge in [0.05, 0.1) is 17.9 Å². The lowest BCUT2D eigenvalue weighted by molar-refractivity contribution is 0.0726. The molecule has 3 rings (SSSR count). The van der Waals surface area contributed by atoms with Crippen LogP contribution in [-0.2, 0) is 0 Å². The van der Waals surface area contributed by atoms with Crippen molar-refractivity contribution in [1.82, 2.24) is 24.8 Å². The van der Waals surface area contributed by atoms with Crippen LogP contribution in [0.15, 0.2) is 24.7 Å². The standard InChI is InChI=1S/C15H18N6O/c1-10-19-11(8-14(16-2)20-10)13-4-3-7-21(13)15(22)12-9-17-5-6-18-12/h5-6,8-9,13H,3-4,7H2,1-2H3,(H,16,19,20)/t13-/m1/s1. The van der Waals surface area contributed by atoms with E-state index in [1.807, 2.05) is 24.9 Å². The molecule has 1 saturated heterocycles. The molecule has 2 aromatic heterocycles. The van der Waals surface area contributed by atoms with Crippen molar-refractivity contribution in [2.24, 2.45) is 0 Å². The summed E-state index contributed by atoms with van der Waals surface area (Å²) >= 11 is 0. The van der Waals surface area contributed by atoms with E-state index >= 15 is 0 Å². The van der Waals surface area contributed by atoms with Gasteiger partial charge in [0.15, 0.2) is 0 Å². The van der Waals surface area contributed by atoms with Gasteiger partial charge in [-0.3, -0.25) is 9.78 Å². The zero-order chi connectivity index (χ0) is 15.5. The molecule has 3 heterocycles. The maximum atomic E-state index is 12.6. The van der Waals surface area contributed by atoms with Crippen LogP contribution >= 0.6 is 0 Å². The second kappa shape index (κ2) is 6.05. The number of hydrogen-bond donors (Lipinski definition) is 1. The molecule has 2 aromatic rings. The van der Waals surface area contributed by atoms with Gasteiger partial charge in [-0.2, -0.15) is 0 Å². The molecule has 0 aliphatic carbocycles. The van der Waals surface area contributed by atoms with Crippen molar-refractivity contribution in [1.29, 1.82) is 0 Å².